The lowest BCUT2D eigenvalue weighted by Crippen LogP contribution is -2.05. The number of nitrogens with one attached hydrogen (secondary N) is 1. The lowest BCUT2D eigenvalue weighted by Gasteiger charge is -2.13. The van der Waals surface area contributed by atoms with Crippen LogP contribution in [0.5, 0.6) is 11.5 Å². The van der Waals surface area contributed by atoms with Crippen molar-refractivity contribution in [2.45, 2.75) is 6.42 Å². The highest BCUT2D eigenvalue weighted by Crippen LogP contribution is 2.37. The molecule has 2 aromatic carbocycles. The molecule has 0 unspecified atom stereocenters. The maximum absolute atomic E-state index is 5.77. The Morgan fingerprint density at radius 2 is 1.80 bits per heavy atom. The number of thiazole rings is 1. The molecule has 0 aliphatic carbocycles. The fraction of sp³-hybridized carbons (Fsp3) is 0.211. The first kappa shape index (κ1) is 17.3. The summed E-state index contributed by atoms with van der Waals surface area (Å²) in [7, 11) is 3.27. The summed E-state index contributed by atoms with van der Waals surface area (Å²) in [5, 5.41) is 6.20. The number of nitrogens with zero attached hydrogens (tertiary/aromatic N) is 1. The number of hydrogen-bond donors (Lipinski definition) is 2. The van der Waals surface area contributed by atoms with E-state index < -0.39 is 0 Å². The van der Waals surface area contributed by atoms with Gasteiger partial charge in [-0.2, -0.15) is 0 Å². The second kappa shape index (κ2) is 8.00. The molecule has 0 fully saturated rings. The first-order valence-electron chi connectivity index (χ1n) is 7.98. The number of para-hydroxylation sites is 1. The van der Waals surface area contributed by atoms with Gasteiger partial charge in [-0.3, -0.25) is 0 Å². The maximum Gasteiger partial charge on any atom is 0.187 e. The second-order valence-electron chi connectivity index (χ2n) is 5.43. The number of rotatable bonds is 7. The molecular formula is C19H21N3O2S. The fourth-order valence-electron chi connectivity index (χ4n) is 2.62. The minimum absolute atomic E-state index is 0.557. The molecule has 6 heteroatoms. The van der Waals surface area contributed by atoms with Gasteiger partial charge in [0, 0.05) is 16.6 Å². The summed E-state index contributed by atoms with van der Waals surface area (Å²) in [5.41, 5.74) is 9.79. The summed E-state index contributed by atoms with van der Waals surface area (Å²) < 4.78 is 10.8. The van der Waals surface area contributed by atoms with Crippen molar-refractivity contribution in [1.29, 1.82) is 0 Å². The number of benzene rings is 2. The molecule has 0 aliphatic rings. The zero-order chi connectivity index (χ0) is 17.6. The summed E-state index contributed by atoms with van der Waals surface area (Å²) in [6.45, 7) is 0.557. The first-order chi connectivity index (χ1) is 12.2. The minimum atomic E-state index is 0.557. The molecule has 0 aliphatic heterocycles. The van der Waals surface area contributed by atoms with Gasteiger partial charge >= 0.3 is 0 Å². The van der Waals surface area contributed by atoms with Crippen molar-refractivity contribution in [3.8, 4) is 22.8 Å². The van der Waals surface area contributed by atoms with Crippen LogP contribution in [0.15, 0.2) is 47.8 Å². The molecule has 0 saturated heterocycles. The Bertz CT molecular complexity index is 834. The molecule has 0 atom stereocenters. The molecule has 5 nitrogen and oxygen atoms in total. The maximum atomic E-state index is 5.77. The number of aromatic nitrogens is 1. The van der Waals surface area contributed by atoms with Gasteiger partial charge in [-0.1, -0.05) is 18.2 Å². The van der Waals surface area contributed by atoms with E-state index in [0.717, 1.165) is 34.1 Å². The highest BCUT2D eigenvalue weighted by molar-refractivity contribution is 7.14. The zero-order valence-corrected chi connectivity index (χ0v) is 15.1. The van der Waals surface area contributed by atoms with Crippen molar-refractivity contribution in [3.63, 3.8) is 0 Å². The van der Waals surface area contributed by atoms with Gasteiger partial charge in [0.1, 0.15) is 0 Å². The summed E-state index contributed by atoms with van der Waals surface area (Å²) in [4.78, 5) is 4.72. The van der Waals surface area contributed by atoms with Gasteiger partial charge in [0.15, 0.2) is 16.6 Å². The van der Waals surface area contributed by atoms with E-state index in [9.17, 15) is 0 Å². The van der Waals surface area contributed by atoms with Crippen LogP contribution in [0.25, 0.3) is 11.3 Å². The number of anilines is 2. The Labute approximate surface area is 151 Å². The minimum Gasteiger partial charge on any atom is -0.493 e. The zero-order valence-electron chi connectivity index (χ0n) is 14.3. The van der Waals surface area contributed by atoms with E-state index in [1.54, 1.807) is 25.6 Å². The van der Waals surface area contributed by atoms with Crippen molar-refractivity contribution < 1.29 is 9.47 Å². The van der Waals surface area contributed by atoms with E-state index in [2.05, 4.69) is 5.32 Å². The summed E-state index contributed by atoms with van der Waals surface area (Å²) in [6.07, 6.45) is 0.745. The van der Waals surface area contributed by atoms with Crippen LogP contribution in [-0.4, -0.2) is 25.7 Å². The van der Waals surface area contributed by atoms with E-state index in [1.807, 2.05) is 47.8 Å². The lowest BCUT2D eigenvalue weighted by atomic mass is 10.0. The predicted molar refractivity (Wildman–Crippen MR) is 103 cm³/mol. The van der Waals surface area contributed by atoms with Gasteiger partial charge in [0.2, 0.25) is 0 Å². The van der Waals surface area contributed by atoms with Crippen LogP contribution >= 0.6 is 11.3 Å². The van der Waals surface area contributed by atoms with Gasteiger partial charge in [0.05, 0.1) is 19.9 Å². The van der Waals surface area contributed by atoms with Crippen molar-refractivity contribution in [3.05, 3.63) is 53.4 Å². The van der Waals surface area contributed by atoms with E-state index in [0.29, 0.717) is 18.0 Å². The average Bonchev–Trinajstić information content (AvgIpc) is 3.10. The Morgan fingerprint density at radius 3 is 2.48 bits per heavy atom. The van der Waals surface area contributed by atoms with Crippen LogP contribution in [0.2, 0.25) is 0 Å². The van der Waals surface area contributed by atoms with Gasteiger partial charge in [-0.25, -0.2) is 4.98 Å². The third-order valence-corrected chi connectivity index (χ3v) is 4.59. The van der Waals surface area contributed by atoms with Crippen LogP contribution in [-0.2, 0) is 6.42 Å². The number of nitrogens with two attached hydrogens (primary N) is 1. The molecule has 0 radical (unpaired) electrons. The Kier molecular flexibility index (Phi) is 5.53. The van der Waals surface area contributed by atoms with Gasteiger partial charge in [-0.05, 0) is 42.8 Å². The van der Waals surface area contributed by atoms with Crippen molar-refractivity contribution >= 4 is 22.2 Å². The topological polar surface area (TPSA) is 69.4 Å². The largest absolute Gasteiger partial charge is 0.493 e. The third kappa shape index (κ3) is 3.92. The molecule has 0 bridgehead atoms. The van der Waals surface area contributed by atoms with Crippen molar-refractivity contribution in [1.82, 2.24) is 4.98 Å². The highest BCUT2D eigenvalue weighted by atomic mass is 32.1. The molecule has 25 heavy (non-hydrogen) atoms. The summed E-state index contributed by atoms with van der Waals surface area (Å²) in [5.74, 6) is 1.39. The molecule has 0 spiro atoms. The average molecular weight is 355 g/mol. The fourth-order valence-corrected chi connectivity index (χ4v) is 3.35. The molecule has 3 aromatic rings. The van der Waals surface area contributed by atoms with E-state index >= 15 is 0 Å². The Balaban J connectivity index is 1.95. The van der Waals surface area contributed by atoms with Crippen LogP contribution in [0.4, 0.5) is 10.8 Å². The van der Waals surface area contributed by atoms with Crippen molar-refractivity contribution in [2.75, 3.05) is 26.1 Å². The molecule has 130 valence electrons. The van der Waals surface area contributed by atoms with Gasteiger partial charge in [-0.15, -0.1) is 11.3 Å². The molecule has 1 aromatic heterocycles. The van der Waals surface area contributed by atoms with Crippen LogP contribution in [0.1, 0.15) is 5.56 Å². The molecular weight excluding hydrogens is 334 g/mol. The quantitative estimate of drug-likeness (QED) is 0.668. The first-order valence-corrected chi connectivity index (χ1v) is 8.86. The molecule has 1 heterocycles. The second-order valence-corrected chi connectivity index (χ2v) is 6.29. The SMILES string of the molecule is COc1cc(CCN)c(-c2csc(Nc3ccccc3)n2)cc1OC. The smallest absolute Gasteiger partial charge is 0.187 e. The molecule has 3 rings (SSSR count). The van der Waals surface area contributed by atoms with Crippen LogP contribution in [0.3, 0.4) is 0 Å². The standard InChI is InChI=1S/C19H21N3O2S/c1-23-17-10-13(8-9-20)15(11-18(17)24-2)16-12-25-19(22-16)21-14-6-4-3-5-7-14/h3-7,10-12H,8-9,20H2,1-2H3,(H,21,22). The van der Waals surface area contributed by atoms with Crippen molar-refractivity contribution in [2.24, 2.45) is 5.73 Å². The van der Waals surface area contributed by atoms with E-state index in [1.165, 1.54) is 0 Å². The number of ether oxygens (including phenoxy) is 2. The van der Waals surface area contributed by atoms with E-state index in [4.69, 9.17) is 20.2 Å². The summed E-state index contributed by atoms with van der Waals surface area (Å²) in [6, 6.07) is 13.9. The molecule has 0 amide bonds. The predicted octanol–water partition coefficient (Wildman–Crippen LogP) is 4.07. The third-order valence-electron chi connectivity index (χ3n) is 3.83. The van der Waals surface area contributed by atoms with Gasteiger partial charge in [0.25, 0.3) is 0 Å². The van der Waals surface area contributed by atoms with Crippen LogP contribution in [0, 0.1) is 0 Å². The van der Waals surface area contributed by atoms with Gasteiger partial charge < -0.3 is 20.5 Å². The monoisotopic (exact) mass is 355 g/mol. The lowest BCUT2D eigenvalue weighted by molar-refractivity contribution is 0.354. The Hall–Kier alpha value is -2.57. The summed E-state index contributed by atoms with van der Waals surface area (Å²) >= 11 is 1.56. The molecule has 3 N–H and O–H groups in total. The van der Waals surface area contributed by atoms with Crippen LogP contribution < -0.4 is 20.5 Å². The molecule has 0 saturated carbocycles. The Morgan fingerprint density at radius 1 is 1.08 bits per heavy atom. The highest BCUT2D eigenvalue weighted by Gasteiger charge is 2.15. The number of hydrogen-bond acceptors (Lipinski definition) is 6. The van der Waals surface area contributed by atoms with E-state index in [-0.39, 0.29) is 0 Å². The number of methoxy groups -OCH3 is 2. The normalized spacial score (nSPS) is 10.5.